The SMILES string of the molecule is CC(C)(C)OC(=O)NCCNC(=O)Nc1ccc(N)cc1. The average molecular weight is 294 g/mol. The summed E-state index contributed by atoms with van der Waals surface area (Å²) < 4.78 is 5.06. The Kier molecular flexibility index (Phi) is 5.83. The number of rotatable bonds is 4. The predicted molar refractivity (Wildman–Crippen MR) is 82.1 cm³/mol. The number of urea groups is 1. The topological polar surface area (TPSA) is 105 Å². The summed E-state index contributed by atoms with van der Waals surface area (Å²) in [6.07, 6.45) is -0.511. The first kappa shape index (κ1) is 16.6. The van der Waals surface area contributed by atoms with Gasteiger partial charge in [0.1, 0.15) is 5.60 Å². The molecular weight excluding hydrogens is 272 g/mol. The van der Waals surface area contributed by atoms with E-state index in [1.54, 1.807) is 45.0 Å². The van der Waals surface area contributed by atoms with Gasteiger partial charge in [-0.3, -0.25) is 0 Å². The number of nitrogens with one attached hydrogen (secondary N) is 3. The molecule has 1 aromatic carbocycles. The summed E-state index contributed by atoms with van der Waals surface area (Å²) >= 11 is 0. The number of anilines is 2. The zero-order valence-electron chi connectivity index (χ0n) is 12.5. The third-order valence-corrected chi connectivity index (χ3v) is 2.25. The molecule has 0 aliphatic rings. The lowest BCUT2D eigenvalue weighted by Crippen LogP contribution is -2.39. The van der Waals surface area contributed by atoms with Gasteiger partial charge in [0, 0.05) is 24.5 Å². The molecule has 21 heavy (non-hydrogen) atoms. The lowest BCUT2D eigenvalue weighted by molar-refractivity contribution is 0.0528. The highest BCUT2D eigenvalue weighted by Gasteiger charge is 2.15. The van der Waals surface area contributed by atoms with Crippen molar-refractivity contribution in [2.75, 3.05) is 24.1 Å². The third kappa shape index (κ3) is 7.66. The van der Waals surface area contributed by atoms with E-state index < -0.39 is 11.7 Å². The molecule has 5 N–H and O–H groups in total. The number of ether oxygens (including phenoxy) is 1. The van der Waals surface area contributed by atoms with E-state index in [1.807, 2.05) is 0 Å². The van der Waals surface area contributed by atoms with Crippen LogP contribution in [-0.4, -0.2) is 30.8 Å². The second kappa shape index (κ2) is 7.37. The highest BCUT2D eigenvalue weighted by molar-refractivity contribution is 5.89. The van der Waals surface area contributed by atoms with Gasteiger partial charge in [-0.25, -0.2) is 9.59 Å². The number of hydrogen-bond donors (Lipinski definition) is 4. The predicted octanol–water partition coefficient (Wildman–Crippen LogP) is 1.91. The molecule has 3 amide bonds. The number of carbonyl (C=O) groups excluding carboxylic acids is 2. The molecule has 0 aliphatic heterocycles. The van der Waals surface area contributed by atoms with Gasteiger partial charge in [0.15, 0.2) is 0 Å². The summed E-state index contributed by atoms with van der Waals surface area (Å²) in [5.74, 6) is 0. The van der Waals surface area contributed by atoms with Crippen LogP contribution in [-0.2, 0) is 4.74 Å². The van der Waals surface area contributed by atoms with Gasteiger partial charge in [0.25, 0.3) is 0 Å². The number of carbonyl (C=O) groups is 2. The average Bonchev–Trinajstić information content (AvgIpc) is 2.35. The lowest BCUT2D eigenvalue weighted by atomic mass is 10.2. The fraction of sp³-hybridized carbons (Fsp3) is 0.429. The molecule has 0 aromatic heterocycles. The fourth-order valence-corrected chi connectivity index (χ4v) is 1.40. The number of amides is 3. The van der Waals surface area contributed by atoms with E-state index >= 15 is 0 Å². The van der Waals surface area contributed by atoms with Crippen LogP contribution < -0.4 is 21.7 Å². The van der Waals surface area contributed by atoms with Crippen LogP contribution in [0.5, 0.6) is 0 Å². The summed E-state index contributed by atoms with van der Waals surface area (Å²) in [5, 5.41) is 7.80. The molecule has 1 rings (SSSR count). The van der Waals surface area contributed by atoms with E-state index in [0.29, 0.717) is 17.9 Å². The Morgan fingerprint density at radius 3 is 2.24 bits per heavy atom. The number of hydrogen-bond acceptors (Lipinski definition) is 4. The van der Waals surface area contributed by atoms with Crippen molar-refractivity contribution in [1.29, 1.82) is 0 Å². The van der Waals surface area contributed by atoms with Crippen LogP contribution >= 0.6 is 0 Å². The van der Waals surface area contributed by atoms with Gasteiger partial charge in [0.2, 0.25) is 0 Å². The highest BCUT2D eigenvalue weighted by Crippen LogP contribution is 2.09. The van der Waals surface area contributed by atoms with E-state index in [9.17, 15) is 9.59 Å². The molecule has 116 valence electrons. The molecule has 0 saturated heterocycles. The first-order valence-electron chi connectivity index (χ1n) is 6.63. The quantitative estimate of drug-likeness (QED) is 0.503. The number of benzene rings is 1. The van der Waals surface area contributed by atoms with Crippen LogP contribution in [0.3, 0.4) is 0 Å². The minimum Gasteiger partial charge on any atom is -0.444 e. The molecule has 7 heteroatoms. The largest absolute Gasteiger partial charge is 0.444 e. The van der Waals surface area contributed by atoms with Gasteiger partial charge in [-0.2, -0.15) is 0 Å². The molecular formula is C14H22N4O3. The van der Waals surface area contributed by atoms with Crippen LogP contribution in [0.1, 0.15) is 20.8 Å². The van der Waals surface area contributed by atoms with Gasteiger partial charge in [-0.1, -0.05) is 0 Å². The summed E-state index contributed by atoms with van der Waals surface area (Å²) in [4.78, 5) is 22.9. The molecule has 0 fully saturated rings. The van der Waals surface area contributed by atoms with Crippen molar-refractivity contribution in [2.45, 2.75) is 26.4 Å². The molecule has 7 nitrogen and oxygen atoms in total. The minimum atomic E-state index is -0.538. The lowest BCUT2D eigenvalue weighted by Gasteiger charge is -2.19. The Labute approximate surface area is 124 Å². The molecule has 0 unspecified atom stereocenters. The second-order valence-corrected chi connectivity index (χ2v) is 5.43. The van der Waals surface area contributed by atoms with Crippen LogP contribution in [0.4, 0.5) is 21.0 Å². The summed E-state index contributed by atoms with van der Waals surface area (Å²) in [7, 11) is 0. The van der Waals surface area contributed by atoms with E-state index in [0.717, 1.165) is 0 Å². The van der Waals surface area contributed by atoms with Crippen molar-refractivity contribution in [3.05, 3.63) is 24.3 Å². The summed E-state index contributed by atoms with van der Waals surface area (Å²) in [6, 6.07) is 6.44. The standard InChI is InChI=1S/C14H22N4O3/c1-14(2,3)21-13(20)17-9-8-16-12(19)18-11-6-4-10(15)5-7-11/h4-7H,8-9,15H2,1-3H3,(H,17,20)(H2,16,18,19). The molecule has 0 saturated carbocycles. The van der Waals surface area contributed by atoms with Gasteiger partial charge >= 0.3 is 12.1 Å². The van der Waals surface area contributed by atoms with E-state index in [4.69, 9.17) is 10.5 Å². The molecule has 0 atom stereocenters. The van der Waals surface area contributed by atoms with Crippen molar-refractivity contribution in [1.82, 2.24) is 10.6 Å². The highest BCUT2D eigenvalue weighted by atomic mass is 16.6. The Morgan fingerprint density at radius 2 is 1.67 bits per heavy atom. The first-order valence-corrected chi connectivity index (χ1v) is 6.63. The Balaban J connectivity index is 2.19. The maximum Gasteiger partial charge on any atom is 0.407 e. The third-order valence-electron chi connectivity index (χ3n) is 2.25. The molecule has 0 spiro atoms. The minimum absolute atomic E-state index is 0.282. The maximum absolute atomic E-state index is 11.6. The molecule has 0 radical (unpaired) electrons. The van der Waals surface area contributed by atoms with E-state index in [1.165, 1.54) is 0 Å². The van der Waals surface area contributed by atoms with Gasteiger partial charge in [-0.05, 0) is 45.0 Å². The Hall–Kier alpha value is -2.44. The fourth-order valence-electron chi connectivity index (χ4n) is 1.40. The van der Waals surface area contributed by atoms with Gasteiger partial charge < -0.3 is 26.4 Å². The zero-order chi connectivity index (χ0) is 15.9. The molecule has 0 aliphatic carbocycles. The Morgan fingerprint density at radius 1 is 1.10 bits per heavy atom. The number of nitrogen functional groups attached to an aromatic ring is 1. The normalized spacial score (nSPS) is 10.6. The molecule has 1 aromatic rings. The summed E-state index contributed by atoms with van der Waals surface area (Å²) in [5.41, 5.74) is 6.28. The van der Waals surface area contributed by atoms with Gasteiger partial charge in [0.05, 0.1) is 0 Å². The maximum atomic E-state index is 11.6. The first-order chi connectivity index (χ1) is 9.76. The Bertz CT molecular complexity index is 480. The van der Waals surface area contributed by atoms with Crippen molar-refractivity contribution in [3.8, 4) is 0 Å². The zero-order valence-corrected chi connectivity index (χ0v) is 12.5. The van der Waals surface area contributed by atoms with E-state index in [-0.39, 0.29) is 12.6 Å². The van der Waals surface area contributed by atoms with Crippen molar-refractivity contribution in [2.24, 2.45) is 0 Å². The second-order valence-electron chi connectivity index (χ2n) is 5.43. The molecule has 0 bridgehead atoms. The number of nitrogens with two attached hydrogens (primary N) is 1. The van der Waals surface area contributed by atoms with Crippen molar-refractivity contribution < 1.29 is 14.3 Å². The van der Waals surface area contributed by atoms with Crippen LogP contribution in [0, 0.1) is 0 Å². The summed E-state index contributed by atoms with van der Waals surface area (Å²) in [6.45, 7) is 5.92. The molecule has 0 heterocycles. The van der Waals surface area contributed by atoms with Crippen LogP contribution in [0.2, 0.25) is 0 Å². The van der Waals surface area contributed by atoms with Crippen LogP contribution in [0.25, 0.3) is 0 Å². The van der Waals surface area contributed by atoms with Crippen molar-refractivity contribution >= 4 is 23.5 Å². The van der Waals surface area contributed by atoms with Crippen LogP contribution in [0.15, 0.2) is 24.3 Å². The number of alkyl carbamates (subject to hydrolysis) is 1. The van der Waals surface area contributed by atoms with E-state index in [2.05, 4.69) is 16.0 Å². The van der Waals surface area contributed by atoms with Crippen molar-refractivity contribution in [3.63, 3.8) is 0 Å². The van der Waals surface area contributed by atoms with Gasteiger partial charge in [-0.15, -0.1) is 0 Å². The smallest absolute Gasteiger partial charge is 0.407 e. The monoisotopic (exact) mass is 294 g/mol.